The number of hydrogen-bond acceptors (Lipinski definition) is 9. The summed E-state index contributed by atoms with van der Waals surface area (Å²) in [6, 6.07) is 0. The number of thiol groups is 2. The molecular weight excluding hydrogens is 388 g/mol. The van der Waals surface area contributed by atoms with Gasteiger partial charge in [-0.05, 0) is 0 Å². The summed E-state index contributed by atoms with van der Waals surface area (Å²) in [4.78, 5) is 10.8. The monoisotopic (exact) mass is 416 g/mol. The lowest BCUT2D eigenvalue weighted by Gasteiger charge is -2.21. The van der Waals surface area contributed by atoms with Crippen molar-refractivity contribution >= 4 is 25.6 Å². The van der Waals surface area contributed by atoms with Crippen LogP contribution in [0.3, 0.4) is 0 Å². The first-order valence-electron chi connectivity index (χ1n) is 8.79. The average Bonchev–Trinajstić information content (AvgIpc) is 3.25. The van der Waals surface area contributed by atoms with Gasteiger partial charge < -0.3 is 19.9 Å². The molecule has 0 saturated carbocycles. The zero-order valence-corrected chi connectivity index (χ0v) is 17.1. The molecule has 0 atom stereocenters. The fourth-order valence-electron chi connectivity index (χ4n) is 2.31. The third-order valence-electron chi connectivity index (χ3n) is 3.68. The second kappa shape index (κ2) is 13.2. The quantitative estimate of drug-likeness (QED) is 0.287. The molecule has 0 spiro atoms. The predicted molar refractivity (Wildman–Crippen MR) is 109 cm³/mol. The number of ether oxygens (including phenoxy) is 3. The van der Waals surface area contributed by atoms with Crippen LogP contribution in [0.5, 0.6) is 0 Å². The van der Waals surface area contributed by atoms with Gasteiger partial charge >= 0.3 is 0 Å². The van der Waals surface area contributed by atoms with Crippen LogP contribution >= 0.6 is 25.6 Å². The molecule has 152 valence electrons. The Morgan fingerprint density at radius 3 is 1.74 bits per heavy atom. The van der Waals surface area contributed by atoms with Crippen molar-refractivity contribution in [1.29, 1.82) is 0 Å². The number of aromatic nitrogens is 4. The molecule has 0 unspecified atom stereocenters. The summed E-state index contributed by atoms with van der Waals surface area (Å²) in [5.74, 6) is 1.72. The minimum atomic E-state index is 0.528. The van der Waals surface area contributed by atoms with E-state index in [-0.39, 0.29) is 0 Å². The summed E-state index contributed by atoms with van der Waals surface area (Å²) in [5, 5.41) is 0. The maximum atomic E-state index is 5.67. The van der Waals surface area contributed by atoms with Crippen molar-refractivity contribution in [3.8, 4) is 0 Å². The highest BCUT2D eigenvalue weighted by molar-refractivity contribution is 7.78. The minimum Gasteiger partial charge on any atom is -0.378 e. The SMILES string of the molecule is NCCOCCOCCOCCN(Cc1nccn1S)Cc1nccn1S. The summed E-state index contributed by atoms with van der Waals surface area (Å²) in [5.41, 5.74) is 5.34. The Bertz CT molecular complexity index is 597. The van der Waals surface area contributed by atoms with Gasteiger partial charge in [-0.3, -0.25) is 12.8 Å². The van der Waals surface area contributed by atoms with Gasteiger partial charge in [0.25, 0.3) is 0 Å². The fourth-order valence-corrected chi connectivity index (χ4v) is 2.66. The Balaban J connectivity index is 1.67. The Kier molecular flexibility index (Phi) is 10.8. The molecular formula is C16H28N6O3S2. The van der Waals surface area contributed by atoms with E-state index in [1.807, 2.05) is 0 Å². The van der Waals surface area contributed by atoms with Crippen LogP contribution in [0.2, 0.25) is 0 Å². The van der Waals surface area contributed by atoms with Crippen LogP contribution in [0.25, 0.3) is 0 Å². The summed E-state index contributed by atoms with van der Waals surface area (Å²) in [7, 11) is 0. The number of nitrogens with two attached hydrogens (primary N) is 1. The van der Waals surface area contributed by atoms with Gasteiger partial charge in [0, 0.05) is 37.9 Å². The maximum Gasteiger partial charge on any atom is 0.132 e. The number of rotatable bonds is 15. The highest BCUT2D eigenvalue weighted by atomic mass is 32.1. The standard InChI is InChI=1S/C16H28N6O3S2/c17-1-7-23-9-11-25-12-10-24-8-6-20(13-15-18-2-4-21(15)26)14-16-19-3-5-22(16)27/h2-5,26-27H,1,6-14,17H2. The largest absolute Gasteiger partial charge is 0.378 e. The second-order valence-corrected chi connectivity index (χ2v) is 6.57. The van der Waals surface area contributed by atoms with Crippen molar-refractivity contribution in [2.24, 2.45) is 5.73 Å². The van der Waals surface area contributed by atoms with Crippen molar-refractivity contribution in [2.45, 2.75) is 13.1 Å². The molecule has 0 radical (unpaired) electrons. The van der Waals surface area contributed by atoms with Crippen LogP contribution in [0, 0.1) is 0 Å². The van der Waals surface area contributed by atoms with E-state index in [0.717, 1.165) is 18.2 Å². The van der Waals surface area contributed by atoms with Gasteiger partial charge in [0.2, 0.25) is 0 Å². The van der Waals surface area contributed by atoms with E-state index in [1.165, 1.54) is 0 Å². The lowest BCUT2D eigenvalue weighted by molar-refractivity contribution is 0.0108. The number of nitrogens with zero attached hydrogens (tertiary/aromatic N) is 5. The zero-order valence-electron chi connectivity index (χ0n) is 15.3. The molecule has 0 aliphatic heterocycles. The van der Waals surface area contributed by atoms with Gasteiger partial charge in [-0.1, -0.05) is 25.6 Å². The molecule has 11 heteroatoms. The molecule has 2 rings (SSSR count). The van der Waals surface area contributed by atoms with Crippen molar-refractivity contribution in [3.05, 3.63) is 36.4 Å². The fraction of sp³-hybridized carbons (Fsp3) is 0.625. The number of imidazole rings is 2. The molecule has 27 heavy (non-hydrogen) atoms. The van der Waals surface area contributed by atoms with Gasteiger partial charge in [0.05, 0.1) is 52.7 Å². The topological polar surface area (TPSA) is 92.6 Å². The molecule has 2 aromatic heterocycles. The van der Waals surface area contributed by atoms with E-state index in [4.69, 9.17) is 19.9 Å². The Morgan fingerprint density at radius 2 is 1.30 bits per heavy atom. The first kappa shape index (κ1) is 22.2. The Morgan fingerprint density at radius 1 is 0.815 bits per heavy atom. The predicted octanol–water partition coefficient (Wildman–Crippen LogP) is 0.476. The van der Waals surface area contributed by atoms with E-state index in [2.05, 4.69) is 40.5 Å². The zero-order chi connectivity index (χ0) is 19.3. The third-order valence-corrected chi connectivity index (χ3v) is 4.41. The van der Waals surface area contributed by atoms with Crippen molar-refractivity contribution < 1.29 is 14.2 Å². The maximum absolute atomic E-state index is 5.67. The first-order chi connectivity index (χ1) is 13.2. The molecule has 0 bridgehead atoms. The van der Waals surface area contributed by atoms with Gasteiger partial charge in [-0.25, -0.2) is 9.97 Å². The number of hydrogen-bond donors (Lipinski definition) is 3. The van der Waals surface area contributed by atoms with E-state index in [1.54, 1.807) is 32.7 Å². The summed E-state index contributed by atoms with van der Waals surface area (Å²) >= 11 is 8.73. The van der Waals surface area contributed by atoms with Crippen LogP contribution in [0.1, 0.15) is 11.6 Å². The molecule has 0 aromatic carbocycles. The van der Waals surface area contributed by atoms with Crippen LogP contribution in [0.4, 0.5) is 0 Å². The lowest BCUT2D eigenvalue weighted by atomic mass is 10.4. The molecule has 2 aromatic rings. The van der Waals surface area contributed by atoms with Crippen LogP contribution in [0.15, 0.2) is 24.8 Å². The molecule has 0 saturated heterocycles. The Hall–Kier alpha value is -1.08. The smallest absolute Gasteiger partial charge is 0.132 e. The molecule has 2 heterocycles. The highest BCUT2D eigenvalue weighted by Crippen LogP contribution is 2.09. The molecule has 0 aliphatic carbocycles. The highest BCUT2D eigenvalue weighted by Gasteiger charge is 2.13. The van der Waals surface area contributed by atoms with E-state index in [9.17, 15) is 0 Å². The van der Waals surface area contributed by atoms with E-state index in [0.29, 0.717) is 59.3 Å². The summed E-state index contributed by atoms with van der Waals surface area (Å²) in [6.45, 7) is 5.83. The van der Waals surface area contributed by atoms with Crippen LogP contribution < -0.4 is 5.73 Å². The Labute approximate surface area is 170 Å². The van der Waals surface area contributed by atoms with Crippen LogP contribution in [-0.2, 0) is 27.3 Å². The summed E-state index contributed by atoms with van der Waals surface area (Å²) < 4.78 is 19.8. The second-order valence-electron chi connectivity index (χ2n) is 5.71. The molecule has 9 nitrogen and oxygen atoms in total. The van der Waals surface area contributed by atoms with Gasteiger partial charge in [0.15, 0.2) is 0 Å². The van der Waals surface area contributed by atoms with Crippen molar-refractivity contribution in [3.63, 3.8) is 0 Å². The molecule has 0 amide bonds. The van der Waals surface area contributed by atoms with Crippen molar-refractivity contribution in [1.82, 2.24) is 22.8 Å². The average molecular weight is 417 g/mol. The normalized spacial score (nSPS) is 11.6. The lowest BCUT2D eigenvalue weighted by Crippen LogP contribution is -2.29. The van der Waals surface area contributed by atoms with E-state index >= 15 is 0 Å². The first-order valence-corrected chi connectivity index (χ1v) is 9.59. The van der Waals surface area contributed by atoms with E-state index < -0.39 is 0 Å². The molecule has 0 fully saturated rings. The molecule has 0 aliphatic rings. The van der Waals surface area contributed by atoms with Gasteiger partial charge in [-0.2, -0.15) is 0 Å². The third kappa shape index (κ3) is 8.64. The summed E-state index contributed by atoms with van der Waals surface area (Å²) in [6.07, 6.45) is 7.07. The minimum absolute atomic E-state index is 0.528. The van der Waals surface area contributed by atoms with Gasteiger partial charge in [0.1, 0.15) is 11.6 Å². The van der Waals surface area contributed by atoms with Crippen LogP contribution in [-0.4, -0.2) is 75.5 Å². The van der Waals surface area contributed by atoms with Gasteiger partial charge in [-0.15, -0.1) is 0 Å². The van der Waals surface area contributed by atoms with Crippen molar-refractivity contribution in [2.75, 3.05) is 52.7 Å². The molecule has 2 N–H and O–H groups in total.